The highest BCUT2D eigenvalue weighted by Crippen LogP contribution is 2.16. The van der Waals surface area contributed by atoms with Crippen LogP contribution in [0.4, 0.5) is 0 Å². The molecule has 0 fully saturated rings. The Morgan fingerprint density at radius 1 is 0.270 bits per heavy atom. The highest BCUT2D eigenvalue weighted by atomic mass is 16.6. The minimum absolute atomic E-state index is 0.0893. The first-order valence-corrected chi connectivity index (χ1v) is 31.3. The van der Waals surface area contributed by atoms with Gasteiger partial charge in [0.25, 0.3) is 0 Å². The van der Waals surface area contributed by atoms with Gasteiger partial charge < -0.3 is 14.2 Å². The van der Waals surface area contributed by atoms with Crippen molar-refractivity contribution in [2.45, 2.75) is 303 Å². The average Bonchev–Trinajstić information content (AvgIpc) is 3.40. The van der Waals surface area contributed by atoms with Crippen LogP contribution in [0.25, 0.3) is 0 Å². The van der Waals surface area contributed by atoms with E-state index in [0.717, 1.165) is 83.5 Å². The first kappa shape index (κ1) is 70.3. The van der Waals surface area contributed by atoms with Gasteiger partial charge in [0.15, 0.2) is 6.10 Å². The van der Waals surface area contributed by atoms with E-state index in [1.807, 2.05) is 24.3 Å². The Balaban J connectivity index is 4.44. The second-order valence-electron chi connectivity index (χ2n) is 20.8. The fourth-order valence-electron chi connectivity index (χ4n) is 8.69. The van der Waals surface area contributed by atoms with Gasteiger partial charge in [-0.15, -0.1) is 0 Å². The summed E-state index contributed by atoms with van der Waals surface area (Å²) in [5.74, 6) is -0.914. The zero-order chi connectivity index (χ0) is 53.6. The molecule has 6 heteroatoms. The molecule has 74 heavy (non-hydrogen) atoms. The lowest BCUT2D eigenvalue weighted by atomic mass is 10.1. The lowest BCUT2D eigenvalue weighted by Gasteiger charge is -2.18. The largest absolute Gasteiger partial charge is 0.462 e. The second kappa shape index (κ2) is 61.9. The van der Waals surface area contributed by atoms with Gasteiger partial charge in [0.1, 0.15) is 13.2 Å². The minimum atomic E-state index is -0.794. The number of unbranched alkanes of at least 4 members (excludes halogenated alkanes) is 34. The molecule has 0 aromatic heterocycles. The Hall–Kier alpha value is -3.67. The molecular formula is C68H116O6. The Kier molecular flexibility index (Phi) is 58.8. The molecule has 0 aromatic carbocycles. The van der Waals surface area contributed by atoms with Gasteiger partial charge in [0.2, 0.25) is 0 Å². The lowest BCUT2D eigenvalue weighted by Crippen LogP contribution is -2.30. The molecule has 0 aliphatic carbocycles. The van der Waals surface area contributed by atoms with Crippen molar-refractivity contribution in [1.82, 2.24) is 0 Å². The summed E-state index contributed by atoms with van der Waals surface area (Å²) in [6.45, 7) is 6.52. The highest BCUT2D eigenvalue weighted by molar-refractivity contribution is 5.71. The first-order valence-electron chi connectivity index (χ1n) is 31.3. The van der Waals surface area contributed by atoms with Gasteiger partial charge in [-0.3, -0.25) is 14.4 Å². The Morgan fingerprint density at radius 3 is 0.892 bits per heavy atom. The summed E-state index contributed by atoms with van der Waals surface area (Å²) in [5, 5.41) is 0. The number of allylic oxidation sites excluding steroid dienone is 16. The fraction of sp³-hybridized carbons (Fsp3) is 0.721. The van der Waals surface area contributed by atoms with Crippen molar-refractivity contribution < 1.29 is 28.6 Å². The summed E-state index contributed by atoms with van der Waals surface area (Å²) in [6.07, 6.45) is 82.5. The van der Waals surface area contributed by atoms with Crippen LogP contribution in [0, 0.1) is 0 Å². The Morgan fingerprint density at radius 2 is 0.527 bits per heavy atom. The molecule has 0 saturated carbocycles. The molecule has 0 aromatic rings. The molecule has 424 valence electrons. The molecule has 1 atom stereocenters. The number of rotatable bonds is 56. The average molecular weight is 1030 g/mol. The standard InChI is InChI=1S/C68H116O6/c1-4-7-10-13-16-19-22-25-28-31-34-37-40-43-46-49-52-55-58-61-67(70)73-64-65(63-72-66(69)60-57-54-51-48-45-42-39-36-33-30-27-24-21-18-15-12-9-6-3)74-68(71)62-59-56-53-50-47-44-41-38-35-32-29-26-23-20-17-14-11-8-5-2/h12,15-16,18-19,21-22,24-25,27,30,32-33,35-36,39,65H,4-11,13-14,17,20,23,26,28-29,31,34,37-38,40-64H2,1-3H3/b15-12-,19-16-,21-18-,25-22-,27-24-,33-30-,35-32-,39-36-. The third kappa shape index (κ3) is 59.2. The van der Waals surface area contributed by atoms with Crippen molar-refractivity contribution in [3.05, 3.63) is 97.2 Å². The molecule has 6 nitrogen and oxygen atoms in total. The smallest absolute Gasteiger partial charge is 0.306 e. The van der Waals surface area contributed by atoms with Crippen LogP contribution in [0.5, 0.6) is 0 Å². The van der Waals surface area contributed by atoms with E-state index in [0.29, 0.717) is 19.3 Å². The van der Waals surface area contributed by atoms with Crippen LogP contribution in [-0.4, -0.2) is 37.2 Å². The van der Waals surface area contributed by atoms with Crippen LogP contribution in [0.3, 0.4) is 0 Å². The maximum Gasteiger partial charge on any atom is 0.306 e. The van der Waals surface area contributed by atoms with Gasteiger partial charge in [0, 0.05) is 19.3 Å². The fourth-order valence-corrected chi connectivity index (χ4v) is 8.69. The number of hydrogen-bond donors (Lipinski definition) is 0. The molecule has 0 heterocycles. The third-order valence-corrected chi connectivity index (χ3v) is 13.4. The van der Waals surface area contributed by atoms with E-state index in [-0.39, 0.29) is 31.1 Å². The normalized spacial score (nSPS) is 12.7. The maximum absolute atomic E-state index is 12.9. The maximum atomic E-state index is 12.9. The van der Waals surface area contributed by atoms with Gasteiger partial charge in [-0.2, -0.15) is 0 Å². The molecule has 0 N–H and O–H groups in total. The molecule has 0 aliphatic rings. The number of ether oxygens (including phenoxy) is 3. The molecule has 0 bridgehead atoms. The van der Waals surface area contributed by atoms with E-state index < -0.39 is 6.10 Å². The Labute approximate surface area is 457 Å². The van der Waals surface area contributed by atoms with Crippen LogP contribution in [-0.2, 0) is 28.6 Å². The zero-order valence-corrected chi connectivity index (χ0v) is 48.6. The van der Waals surface area contributed by atoms with Crippen LogP contribution >= 0.6 is 0 Å². The van der Waals surface area contributed by atoms with E-state index in [9.17, 15) is 14.4 Å². The molecule has 0 aliphatic heterocycles. The van der Waals surface area contributed by atoms with Crippen molar-refractivity contribution in [2.24, 2.45) is 0 Å². The molecular weight excluding hydrogens is 913 g/mol. The van der Waals surface area contributed by atoms with Crippen molar-refractivity contribution in [2.75, 3.05) is 13.2 Å². The van der Waals surface area contributed by atoms with Gasteiger partial charge in [0.05, 0.1) is 0 Å². The number of hydrogen-bond acceptors (Lipinski definition) is 6. The summed E-state index contributed by atoms with van der Waals surface area (Å²) >= 11 is 0. The summed E-state index contributed by atoms with van der Waals surface area (Å²) < 4.78 is 16.9. The van der Waals surface area contributed by atoms with Crippen LogP contribution in [0.1, 0.15) is 297 Å². The molecule has 0 saturated heterocycles. The topological polar surface area (TPSA) is 78.9 Å². The van der Waals surface area contributed by atoms with Gasteiger partial charge >= 0.3 is 17.9 Å². The van der Waals surface area contributed by atoms with Crippen LogP contribution < -0.4 is 0 Å². The summed E-state index contributed by atoms with van der Waals surface area (Å²) in [6, 6.07) is 0. The number of carbonyl (C=O) groups excluding carboxylic acids is 3. The van der Waals surface area contributed by atoms with Crippen molar-refractivity contribution in [3.8, 4) is 0 Å². The summed E-state index contributed by atoms with van der Waals surface area (Å²) in [4.78, 5) is 38.3. The molecule has 0 spiro atoms. The minimum Gasteiger partial charge on any atom is -0.462 e. The lowest BCUT2D eigenvalue weighted by molar-refractivity contribution is -0.167. The molecule has 0 rings (SSSR count). The summed E-state index contributed by atoms with van der Waals surface area (Å²) in [7, 11) is 0. The number of esters is 3. The zero-order valence-electron chi connectivity index (χ0n) is 48.6. The first-order chi connectivity index (χ1) is 36.5. The van der Waals surface area contributed by atoms with E-state index in [1.165, 1.54) is 173 Å². The number of carbonyl (C=O) groups is 3. The summed E-state index contributed by atoms with van der Waals surface area (Å²) in [5.41, 5.74) is 0. The van der Waals surface area contributed by atoms with Crippen molar-refractivity contribution in [3.63, 3.8) is 0 Å². The van der Waals surface area contributed by atoms with E-state index >= 15 is 0 Å². The Bertz CT molecular complexity index is 1460. The predicted molar refractivity (Wildman–Crippen MR) is 320 cm³/mol. The van der Waals surface area contributed by atoms with Gasteiger partial charge in [-0.25, -0.2) is 0 Å². The molecule has 0 radical (unpaired) electrons. The van der Waals surface area contributed by atoms with Gasteiger partial charge in [-0.05, 0) is 89.9 Å². The molecule has 1 unspecified atom stereocenters. The second-order valence-corrected chi connectivity index (χ2v) is 20.8. The van der Waals surface area contributed by atoms with E-state index in [4.69, 9.17) is 14.2 Å². The predicted octanol–water partition coefficient (Wildman–Crippen LogP) is 21.3. The van der Waals surface area contributed by atoms with Crippen molar-refractivity contribution in [1.29, 1.82) is 0 Å². The third-order valence-electron chi connectivity index (χ3n) is 13.4. The monoisotopic (exact) mass is 1030 g/mol. The van der Waals surface area contributed by atoms with Crippen LogP contribution in [0.2, 0.25) is 0 Å². The highest BCUT2D eigenvalue weighted by Gasteiger charge is 2.19. The molecule has 0 amide bonds. The van der Waals surface area contributed by atoms with E-state index in [2.05, 4.69) is 93.7 Å². The quantitative estimate of drug-likeness (QED) is 0.0199. The van der Waals surface area contributed by atoms with Crippen LogP contribution in [0.15, 0.2) is 97.2 Å². The van der Waals surface area contributed by atoms with E-state index in [1.54, 1.807) is 0 Å². The van der Waals surface area contributed by atoms with Crippen molar-refractivity contribution >= 4 is 17.9 Å². The SMILES string of the molecule is CCC\C=C/C=C\C=C/C=C\C=C/CCCCCCCC(=O)OCC(COC(=O)CCCCCCCCCCCC/C=C\C=C/CCCCC)OC(=O)CCCCCCCCC/C=C\CCCCCCCCCC. The van der Waals surface area contributed by atoms with Gasteiger partial charge in [-0.1, -0.05) is 285 Å².